The van der Waals surface area contributed by atoms with Gasteiger partial charge in [-0.2, -0.15) is 4.57 Å². The van der Waals surface area contributed by atoms with Crippen LogP contribution in [0, 0.1) is 0 Å². The van der Waals surface area contributed by atoms with E-state index in [1.165, 1.54) is 0 Å². The Morgan fingerprint density at radius 3 is 2.25 bits per heavy atom. The highest BCUT2D eigenvalue weighted by Gasteiger charge is 2.17. The van der Waals surface area contributed by atoms with Crippen molar-refractivity contribution in [3.63, 3.8) is 0 Å². The zero-order valence-corrected chi connectivity index (χ0v) is 13.8. The van der Waals surface area contributed by atoms with Crippen molar-refractivity contribution in [2.45, 2.75) is 0 Å². The van der Waals surface area contributed by atoms with Gasteiger partial charge >= 0.3 is 0 Å². The maximum Gasteiger partial charge on any atom is 0.220 e. The molecule has 4 nitrogen and oxygen atoms in total. The summed E-state index contributed by atoms with van der Waals surface area (Å²) in [5.41, 5.74) is 1.07. The van der Waals surface area contributed by atoms with Crippen molar-refractivity contribution in [3.8, 4) is 17.2 Å². The minimum atomic E-state index is 0.266. The number of fused-ring (bicyclic) bond motifs is 5. The second-order valence-corrected chi connectivity index (χ2v) is 5.90. The Labute approximate surface area is 139 Å². The van der Waals surface area contributed by atoms with Gasteiger partial charge in [0.1, 0.15) is 12.8 Å². The fourth-order valence-corrected chi connectivity index (χ4v) is 3.40. The highest BCUT2D eigenvalue weighted by Crippen LogP contribution is 2.36. The number of ether oxygens (including phenoxy) is 2. The Bertz CT molecular complexity index is 1100. The molecule has 0 amide bonds. The van der Waals surface area contributed by atoms with Crippen molar-refractivity contribution in [2.75, 3.05) is 14.2 Å². The van der Waals surface area contributed by atoms with Gasteiger partial charge in [-0.05, 0) is 35.7 Å². The normalized spacial score (nSPS) is 11.3. The summed E-state index contributed by atoms with van der Waals surface area (Å²) in [6, 6.07) is 13.6. The van der Waals surface area contributed by atoms with E-state index in [4.69, 9.17) is 9.47 Å². The molecule has 0 aliphatic rings. The molecule has 0 fully saturated rings. The minimum absolute atomic E-state index is 0.266. The molecule has 1 N–H and O–H groups in total. The lowest BCUT2D eigenvalue weighted by Gasteiger charge is -2.11. The number of methoxy groups -OCH3 is 2. The van der Waals surface area contributed by atoms with Gasteiger partial charge in [-0.1, -0.05) is 12.1 Å². The van der Waals surface area contributed by atoms with Crippen LogP contribution in [0.5, 0.6) is 17.2 Å². The van der Waals surface area contributed by atoms with Crippen LogP contribution in [-0.4, -0.2) is 19.3 Å². The molecule has 0 bridgehead atoms. The van der Waals surface area contributed by atoms with Crippen molar-refractivity contribution in [1.82, 2.24) is 0 Å². The van der Waals surface area contributed by atoms with Gasteiger partial charge in [0.15, 0.2) is 17.7 Å². The minimum Gasteiger partial charge on any atom is -0.508 e. The van der Waals surface area contributed by atoms with Gasteiger partial charge in [0.05, 0.1) is 30.4 Å². The molecule has 1 heterocycles. The van der Waals surface area contributed by atoms with Crippen molar-refractivity contribution in [3.05, 3.63) is 48.7 Å². The van der Waals surface area contributed by atoms with Crippen molar-refractivity contribution >= 4 is 32.4 Å². The van der Waals surface area contributed by atoms with Gasteiger partial charge in [0, 0.05) is 5.39 Å². The number of aryl methyl sites for hydroxylation is 1. The molecule has 0 saturated carbocycles. The van der Waals surface area contributed by atoms with Gasteiger partial charge < -0.3 is 14.6 Å². The maximum atomic E-state index is 9.90. The van der Waals surface area contributed by atoms with E-state index in [2.05, 4.69) is 22.9 Å². The zero-order valence-electron chi connectivity index (χ0n) is 13.8. The number of hydrogen-bond donors (Lipinski definition) is 1. The summed E-state index contributed by atoms with van der Waals surface area (Å²) in [6.45, 7) is 0. The predicted molar refractivity (Wildman–Crippen MR) is 94.9 cm³/mol. The van der Waals surface area contributed by atoms with E-state index in [1.807, 2.05) is 31.3 Å². The van der Waals surface area contributed by atoms with E-state index in [0.717, 1.165) is 32.4 Å². The Hall–Kier alpha value is -3.01. The number of nitrogens with zero attached hydrogens (tertiary/aromatic N) is 1. The third-order valence-corrected chi connectivity index (χ3v) is 4.51. The Balaban J connectivity index is 2.21. The van der Waals surface area contributed by atoms with E-state index in [9.17, 15) is 5.11 Å². The number of benzene rings is 3. The summed E-state index contributed by atoms with van der Waals surface area (Å²) in [5.74, 6) is 1.68. The van der Waals surface area contributed by atoms with Crippen molar-refractivity contribution < 1.29 is 19.1 Å². The zero-order chi connectivity index (χ0) is 16.8. The molecule has 3 aromatic carbocycles. The summed E-state index contributed by atoms with van der Waals surface area (Å²) in [7, 11) is 5.30. The van der Waals surface area contributed by atoms with Crippen LogP contribution in [0.25, 0.3) is 32.4 Å². The average Bonchev–Trinajstić information content (AvgIpc) is 2.60. The molecule has 4 rings (SSSR count). The number of aromatic nitrogens is 1. The van der Waals surface area contributed by atoms with Crippen LogP contribution >= 0.6 is 0 Å². The molecule has 0 unspecified atom stereocenters. The summed E-state index contributed by atoms with van der Waals surface area (Å²) in [5, 5.41) is 15.3. The number of pyridine rings is 1. The Morgan fingerprint density at radius 2 is 1.50 bits per heavy atom. The fraction of sp³-hybridized carbons (Fsp3) is 0.150. The molecule has 0 radical (unpaired) electrons. The lowest BCUT2D eigenvalue weighted by Crippen LogP contribution is -2.28. The molecule has 1 aromatic heterocycles. The van der Waals surface area contributed by atoms with E-state index in [-0.39, 0.29) is 5.75 Å². The molecular formula is C20H18NO3+. The van der Waals surface area contributed by atoms with Crippen LogP contribution in [-0.2, 0) is 7.05 Å². The lowest BCUT2D eigenvalue weighted by molar-refractivity contribution is -0.642. The summed E-state index contributed by atoms with van der Waals surface area (Å²) < 4.78 is 13.0. The monoisotopic (exact) mass is 320 g/mol. The number of phenols is 1. The van der Waals surface area contributed by atoms with Crippen LogP contribution in [0.1, 0.15) is 0 Å². The third kappa shape index (κ3) is 2.03. The molecule has 4 heteroatoms. The molecule has 0 aliphatic heterocycles. The van der Waals surface area contributed by atoms with Gasteiger partial charge in [-0.25, -0.2) is 0 Å². The maximum absolute atomic E-state index is 9.90. The van der Waals surface area contributed by atoms with Gasteiger partial charge in [-0.15, -0.1) is 0 Å². The summed E-state index contributed by atoms with van der Waals surface area (Å²) in [6.07, 6.45) is 2.07. The molecule has 0 saturated heterocycles. The molecule has 0 spiro atoms. The molecule has 4 aromatic rings. The number of rotatable bonds is 2. The van der Waals surface area contributed by atoms with Crippen LogP contribution in [0.15, 0.2) is 48.7 Å². The number of phenolic OH excluding ortho intramolecular Hbond substituents is 1. The average molecular weight is 320 g/mol. The van der Waals surface area contributed by atoms with Crippen LogP contribution < -0.4 is 14.0 Å². The molecular weight excluding hydrogens is 302 g/mol. The molecule has 120 valence electrons. The van der Waals surface area contributed by atoms with Crippen LogP contribution in [0.2, 0.25) is 0 Å². The highest BCUT2D eigenvalue weighted by molar-refractivity contribution is 6.14. The smallest absolute Gasteiger partial charge is 0.220 e. The SMILES string of the molecule is COc1cc2c[n+](C)c3c4cc(O)ccc4ccc3c2cc1OC. The van der Waals surface area contributed by atoms with Crippen molar-refractivity contribution in [1.29, 1.82) is 0 Å². The first kappa shape index (κ1) is 14.6. The van der Waals surface area contributed by atoms with Crippen LogP contribution in [0.4, 0.5) is 0 Å². The molecule has 24 heavy (non-hydrogen) atoms. The van der Waals surface area contributed by atoms with E-state index in [1.54, 1.807) is 20.3 Å². The quantitative estimate of drug-likeness (QED) is 0.452. The predicted octanol–water partition coefficient (Wildman–Crippen LogP) is 3.69. The highest BCUT2D eigenvalue weighted by atomic mass is 16.5. The third-order valence-electron chi connectivity index (χ3n) is 4.51. The first-order valence-corrected chi connectivity index (χ1v) is 7.72. The number of hydrogen-bond acceptors (Lipinski definition) is 3. The van der Waals surface area contributed by atoms with Crippen LogP contribution in [0.3, 0.4) is 0 Å². The topological polar surface area (TPSA) is 42.6 Å². The van der Waals surface area contributed by atoms with Crippen molar-refractivity contribution in [2.24, 2.45) is 7.05 Å². The lowest BCUT2D eigenvalue weighted by atomic mass is 10.0. The Morgan fingerprint density at radius 1 is 0.792 bits per heavy atom. The molecule has 0 aliphatic carbocycles. The summed E-state index contributed by atoms with van der Waals surface area (Å²) in [4.78, 5) is 0. The van der Waals surface area contributed by atoms with Gasteiger partial charge in [0.2, 0.25) is 5.52 Å². The molecule has 0 atom stereocenters. The first-order valence-electron chi connectivity index (χ1n) is 7.72. The number of aromatic hydroxyl groups is 1. The van der Waals surface area contributed by atoms with E-state index in [0.29, 0.717) is 11.5 Å². The van der Waals surface area contributed by atoms with E-state index < -0.39 is 0 Å². The largest absolute Gasteiger partial charge is 0.508 e. The van der Waals surface area contributed by atoms with Gasteiger partial charge in [-0.3, -0.25) is 0 Å². The second kappa shape index (κ2) is 5.27. The van der Waals surface area contributed by atoms with E-state index >= 15 is 0 Å². The standard InChI is InChI=1S/C20H17NO3/c1-21-11-13-8-18(23-2)19(24-3)10-16(13)15-7-5-12-4-6-14(22)9-17(12)20(15)21/h4-11H,1-3H3/p+1. The summed E-state index contributed by atoms with van der Waals surface area (Å²) >= 11 is 0. The van der Waals surface area contributed by atoms with Gasteiger partial charge in [0.25, 0.3) is 0 Å². The second-order valence-electron chi connectivity index (χ2n) is 5.90. The first-order chi connectivity index (χ1) is 11.6. The fourth-order valence-electron chi connectivity index (χ4n) is 3.40. The Kier molecular flexibility index (Phi) is 3.20.